The zero-order valence-electron chi connectivity index (χ0n) is 16.5. The Morgan fingerprint density at radius 1 is 1.19 bits per heavy atom. The Hall–Kier alpha value is -1.70. The van der Waals surface area contributed by atoms with Crippen LogP contribution >= 0.6 is 0 Å². The first-order valence-corrected chi connectivity index (χ1v) is 10.2. The molecule has 0 radical (unpaired) electrons. The van der Waals surface area contributed by atoms with Crippen LogP contribution < -0.4 is 5.32 Å². The van der Waals surface area contributed by atoms with Gasteiger partial charge in [-0.05, 0) is 39.8 Å². The molecule has 148 valence electrons. The van der Waals surface area contributed by atoms with Gasteiger partial charge in [-0.25, -0.2) is 8.42 Å². The number of hydrogen-bond donors (Lipinski definition) is 1. The van der Waals surface area contributed by atoms with Gasteiger partial charge in [0.1, 0.15) is 10.1 Å². The predicted octanol–water partition coefficient (Wildman–Crippen LogP) is 2.45. The molecule has 1 amide bonds. The summed E-state index contributed by atoms with van der Waals surface area (Å²) < 4.78 is 32.2. The van der Waals surface area contributed by atoms with Gasteiger partial charge in [-0.1, -0.05) is 24.3 Å². The van der Waals surface area contributed by atoms with E-state index in [0.717, 1.165) is 42.6 Å². The van der Waals surface area contributed by atoms with Crippen LogP contribution in [-0.2, 0) is 14.9 Å². The molecule has 7 heteroatoms. The van der Waals surface area contributed by atoms with E-state index >= 15 is 0 Å². The number of carbonyl (C=O) groups is 1. The second-order valence-electron chi connectivity index (χ2n) is 6.63. The molecule has 1 aromatic rings. The normalized spacial score (nSPS) is 11.3. The molecule has 1 N–H and O–H groups in total. The monoisotopic (exact) mass is 384 g/mol. The van der Waals surface area contributed by atoms with Crippen LogP contribution in [0.1, 0.15) is 32.8 Å². The maximum Gasteiger partial charge on any atom is 0.246 e. The minimum absolute atomic E-state index is 0.0304. The van der Waals surface area contributed by atoms with Crippen molar-refractivity contribution >= 4 is 16.0 Å². The zero-order valence-corrected chi connectivity index (χ0v) is 17.4. The SMILES string of the molecule is C=C(C)C(=O)NCCC[N+](C)(CC)CC.Cc1ccc(S(=O)(=O)[O-])cc1. The van der Waals surface area contributed by atoms with Gasteiger partial charge in [0.25, 0.3) is 0 Å². The number of nitrogens with zero attached hydrogens (tertiary/aromatic N) is 1. The van der Waals surface area contributed by atoms with Crippen molar-refractivity contribution in [2.24, 2.45) is 0 Å². The number of carbonyl (C=O) groups excluding carboxylic acids is 1. The summed E-state index contributed by atoms with van der Waals surface area (Å²) in [6.07, 6.45) is 1.02. The zero-order chi connectivity index (χ0) is 20.4. The van der Waals surface area contributed by atoms with Crippen LogP contribution in [0.4, 0.5) is 0 Å². The molecule has 0 unspecified atom stereocenters. The topological polar surface area (TPSA) is 86.3 Å². The number of hydrogen-bond acceptors (Lipinski definition) is 4. The van der Waals surface area contributed by atoms with Crippen LogP contribution in [0.3, 0.4) is 0 Å². The highest BCUT2D eigenvalue weighted by Gasteiger charge is 2.15. The standard InChI is InChI=1S/C12H24N2O.C7H8O3S/c1-6-14(5,7-2)10-8-9-13-12(15)11(3)4;1-6-2-4-7(5-3-6)11(8,9)10/h3,6-10H2,1-2,4-5H3;2-5H,1H3,(H,8,9,10). The summed E-state index contributed by atoms with van der Waals surface area (Å²) in [7, 11) is -2.02. The Bertz CT molecular complexity index is 678. The highest BCUT2D eigenvalue weighted by atomic mass is 32.2. The predicted molar refractivity (Wildman–Crippen MR) is 104 cm³/mol. The van der Waals surface area contributed by atoms with Gasteiger partial charge in [-0.3, -0.25) is 4.79 Å². The van der Waals surface area contributed by atoms with Crippen LogP contribution in [0.25, 0.3) is 0 Å². The van der Waals surface area contributed by atoms with Crippen molar-refractivity contribution in [3.05, 3.63) is 42.0 Å². The lowest BCUT2D eigenvalue weighted by molar-refractivity contribution is -0.906. The molecule has 0 aromatic heterocycles. The largest absolute Gasteiger partial charge is 0.744 e. The second kappa shape index (κ2) is 11.1. The molecule has 1 rings (SSSR count). The summed E-state index contributed by atoms with van der Waals surface area (Å²) in [5, 5.41) is 2.85. The molecule has 26 heavy (non-hydrogen) atoms. The number of quaternary nitrogens is 1. The maximum absolute atomic E-state index is 11.2. The van der Waals surface area contributed by atoms with E-state index in [1.165, 1.54) is 12.1 Å². The molecule has 0 aliphatic rings. The van der Waals surface area contributed by atoms with Gasteiger partial charge in [-0.2, -0.15) is 0 Å². The van der Waals surface area contributed by atoms with E-state index in [4.69, 9.17) is 0 Å². The molecule has 0 saturated heterocycles. The molecule has 6 nitrogen and oxygen atoms in total. The van der Waals surface area contributed by atoms with Crippen molar-refractivity contribution in [3.63, 3.8) is 0 Å². The van der Waals surface area contributed by atoms with Gasteiger partial charge in [0.15, 0.2) is 0 Å². The number of aryl methyl sites for hydroxylation is 1. The molecule has 0 aliphatic carbocycles. The van der Waals surface area contributed by atoms with Crippen molar-refractivity contribution in [2.45, 2.75) is 39.0 Å². The Morgan fingerprint density at radius 2 is 1.69 bits per heavy atom. The molecule has 0 heterocycles. The molecular formula is C19H32N2O4S. The van der Waals surface area contributed by atoms with Crippen molar-refractivity contribution < 1.29 is 22.2 Å². The quantitative estimate of drug-likeness (QED) is 0.323. The van der Waals surface area contributed by atoms with Crippen molar-refractivity contribution in [1.82, 2.24) is 5.32 Å². The van der Waals surface area contributed by atoms with Crippen LogP contribution in [0.15, 0.2) is 41.3 Å². The Kier molecular flexibility index (Phi) is 10.4. The van der Waals surface area contributed by atoms with Gasteiger partial charge in [-0.15, -0.1) is 0 Å². The molecule has 1 aromatic carbocycles. The third-order valence-electron chi connectivity index (χ3n) is 4.38. The molecule has 0 atom stereocenters. The van der Waals surface area contributed by atoms with Gasteiger partial charge < -0.3 is 14.4 Å². The lowest BCUT2D eigenvalue weighted by Gasteiger charge is -2.32. The second-order valence-corrected chi connectivity index (χ2v) is 8.01. The summed E-state index contributed by atoms with van der Waals surface area (Å²) in [5.74, 6) is -0.0304. The van der Waals surface area contributed by atoms with Crippen LogP contribution in [0, 0.1) is 6.92 Å². The highest BCUT2D eigenvalue weighted by Crippen LogP contribution is 2.08. The van der Waals surface area contributed by atoms with E-state index in [9.17, 15) is 17.8 Å². The lowest BCUT2D eigenvalue weighted by atomic mass is 10.2. The van der Waals surface area contributed by atoms with Crippen LogP contribution in [0.5, 0.6) is 0 Å². The van der Waals surface area contributed by atoms with E-state index in [1.54, 1.807) is 19.1 Å². The molecule has 0 fully saturated rings. The fourth-order valence-corrected chi connectivity index (χ4v) is 2.53. The minimum atomic E-state index is -4.27. The number of benzene rings is 1. The lowest BCUT2D eigenvalue weighted by Crippen LogP contribution is -2.45. The number of amides is 1. The van der Waals surface area contributed by atoms with Crippen LogP contribution in [-0.4, -0.2) is 56.6 Å². The average molecular weight is 385 g/mol. The fraction of sp³-hybridized carbons (Fsp3) is 0.526. The van der Waals surface area contributed by atoms with E-state index in [-0.39, 0.29) is 10.8 Å². The van der Waals surface area contributed by atoms with Crippen molar-refractivity contribution in [3.8, 4) is 0 Å². The Labute approximate surface area is 158 Å². The molecule has 0 saturated carbocycles. The molecule has 0 bridgehead atoms. The molecule has 0 spiro atoms. The third kappa shape index (κ3) is 9.70. The number of nitrogens with one attached hydrogen (secondary N) is 1. The van der Waals surface area contributed by atoms with Gasteiger partial charge in [0, 0.05) is 18.5 Å². The smallest absolute Gasteiger partial charge is 0.246 e. The van der Waals surface area contributed by atoms with Crippen LogP contribution in [0.2, 0.25) is 0 Å². The average Bonchev–Trinajstić information content (AvgIpc) is 2.58. The van der Waals surface area contributed by atoms with Gasteiger partial charge in [0.05, 0.1) is 31.6 Å². The van der Waals surface area contributed by atoms with Crippen molar-refractivity contribution in [2.75, 3.05) is 33.2 Å². The van der Waals surface area contributed by atoms with E-state index < -0.39 is 10.1 Å². The first-order valence-electron chi connectivity index (χ1n) is 8.75. The highest BCUT2D eigenvalue weighted by molar-refractivity contribution is 7.85. The first-order chi connectivity index (χ1) is 11.9. The minimum Gasteiger partial charge on any atom is -0.744 e. The first kappa shape index (κ1) is 24.3. The maximum atomic E-state index is 11.2. The summed E-state index contributed by atoms with van der Waals surface area (Å²) in [6, 6.07) is 5.78. The molecule has 0 aliphatic heterocycles. The summed E-state index contributed by atoms with van der Waals surface area (Å²) in [4.78, 5) is 11.0. The van der Waals surface area contributed by atoms with Gasteiger partial charge in [0.2, 0.25) is 5.91 Å². The van der Waals surface area contributed by atoms with E-state index in [0.29, 0.717) is 5.57 Å². The summed E-state index contributed by atoms with van der Waals surface area (Å²) in [6.45, 7) is 15.7. The van der Waals surface area contributed by atoms with Gasteiger partial charge >= 0.3 is 0 Å². The van der Waals surface area contributed by atoms with E-state index in [2.05, 4.69) is 32.8 Å². The Morgan fingerprint density at radius 3 is 2.08 bits per heavy atom. The fourth-order valence-electron chi connectivity index (χ4n) is 2.06. The molecular weight excluding hydrogens is 352 g/mol. The third-order valence-corrected chi connectivity index (χ3v) is 5.23. The van der Waals surface area contributed by atoms with Crippen molar-refractivity contribution in [1.29, 1.82) is 0 Å². The summed E-state index contributed by atoms with van der Waals surface area (Å²) >= 11 is 0. The Balaban J connectivity index is 0.000000502. The number of rotatable bonds is 8. The summed E-state index contributed by atoms with van der Waals surface area (Å²) in [5.41, 5.74) is 1.51. The van der Waals surface area contributed by atoms with E-state index in [1.807, 2.05) is 6.92 Å².